The molecule has 0 atom stereocenters. The number of hydrogen-bond donors (Lipinski definition) is 2. The molecule has 0 unspecified atom stereocenters. The number of carbonyl (C=O) groups excluding carboxylic acids is 1. The number of halogens is 1. The molecule has 0 aliphatic rings. The van der Waals surface area contributed by atoms with Crippen LogP contribution in [0.3, 0.4) is 0 Å². The third-order valence-corrected chi connectivity index (χ3v) is 4.07. The van der Waals surface area contributed by atoms with Crippen LogP contribution in [0.15, 0.2) is 48.5 Å². The van der Waals surface area contributed by atoms with E-state index in [1.807, 2.05) is 18.2 Å². The van der Waals surface area contributed by atoms with Crippen LogP contribution in [0.1, 0.15) is 21.7 Å². The minimum Gasteiger partial charge on any atom is -0.493 e. The summed E-state index contributed by atoms with van der Waals surface area (Å²) >= 11 is 0. The Kier molecular flexibility index (Phi) is 6.23. The van der Waals surface area contributed by atoms with E-state index < -0.39 is 11.7 Å². The summed E-state index contributed by atoms with van der Waals surface area (Å²) in [6.07, 6.45) is 0. The van der Waals surface area contributed by atoms with Crippen molar-refractivity contribution < 1.29 is 18.7 Å². The SMILES string of the molecule is COc1ccc(CNc2nc(C)cc(C(=O)Nc3cccc(F)c3)n2)cc1OC. The Morgan fingerprint density at radius 2 is 1.83 bits per heavy atom. The highest BCUT2D eigenvalue weighted by atomic mass is 19.1. The number of nitrogens with one attached hydrogen (secondary N) is 2. The van der Waals surface area contributed by atoms with Crippen molar-refractivity contribution in [2.45, 2.75) is 13.5 Å². The molecule has 3 rings (SSSR count). The summed E-state index contributed by atoms with van der Waals surface area (Å²) in [7, 11) is 3.15. The fraction of sp³-hybridized carbons (Fsp3) is 0.190. The van der Waals surface area contributed by atoms with E-state index in [0.717, 1.165) is 5.56 Å². The van der Waals surface area contributed by atoms with Gasteiger partial charge in [-0.2, -0.15) is 0 Å². The molecule has 0 aliphatic carbocycles. The summed E-state index contributed by atoms with van der Waals surface area (Å²) in [5.41, 5.74) is 2.08. The van der Waals surface area contributed by atoms with E-state index in [4.69, 9.17) is 9.47 Å². The average molecular weight is 396 g/mol. The summed E-state index contributed by atoms with van der Waals surface area (Å²) in [6, 6.07) is 12.8. The van der Waals surface area contributed by atoms with Gasteiger partial charge in [0, 0.05) is 17.9 Å². The standard InChI is InChI=1S/C21H21FN4O3/c1-13-9-17(20(27)25-16-6-4-5-15(22)11-16)26-21(24-13)23-12-14-7-8-18(28-2)19(10-14)29-3/h4-11H,12H2,1-3H3,(H,25,27)(H,23,24,26). The van der Waals surface area contributed by atoms with Crippen LogP contribution in [-0.2, 0) is 6.54 Å². The smallest absolute Gasteiger partial charge is 0.274 e. The summed E-state index contributed by atoms with van der Waals surface area (Å²) in [4.78, 5) is 21.0. The number of carbonyl (C=O) groups is 1. The molecular weight excluding hydrogens is 375 g/mol. The molecule has 1 aromatic heterocycles. The fourth-order valence-electron chi connectivity index (χ4n) is 2.70. The van der Waals surface area contributed by atoms with Gasteiger partial charge in [-0.3, -0.25) is 4.79 Å². The van der Waals surface area contributed by atoms with Gasteiger partial charge in [-0.1, -0.05) is 12.1 Å². The lowest BCUT2D eigenvalue weighted by molar-refractivity contribution is 0.102. The van der Waals surface area contributed by atoms with Gasteiger partial charge in [0.2, 0.25) is 5.95 Å². The third-order valence-electron chi connectivity index (χ3n) is 4.07. The average Bonchev–Trinajstić information content (AvgIpc) is 2.71. The second kappa shape index (κ2) is 9.01. The number of methoxy groups -OCH3 is 2. The Morgan fingerprint density at radius 1 is 1.03 bits per heavy atom. The zero-order chi connectivity index (χ0) is 20.8. The zero-order valence-corrected chi connectivity index (χ0v) is 16.3. The van der Waals surface area contributed by atoms with Crippen LogP contribution in [0.5, 0.6) is 11.5 Å². The number of aromatic nitrogens is 2. The number of nitrogens with zero attached hydrogens (tertiary/aromatic N) is 2. The van der Waals surface area contributed by atoms with Crippen molar-refractivity contribution >= 4 is 17.5 Å². The second-order valence-electron chi connectivity index (χ2n) is 6.23. The Balaban J connectivity index is 1.72. The molecule has 7 nitrogen and oxygen atoms in total. The minimum atomic E-state index is -0.449. The quantitative estimate of drug-likeness (QED) is 0.632. The van der Waals surface area contributed by atoms with Crippen molar-refractivity contribution in [2.24, 2.45) is 0 Å². The van der Waals surface area contributed by atoms with E-state index in [1.165, 1.54) is 18.2 Å². The lowest BCUT2D eigenvalue weighted by Gasteiger charge is -2.11. The van der Waals surface area contributed by atoms with Crippen LogP contribution in [0.25, 0.3) is 0 Å². The molecule has 1 heterocycles. The van der Waals surface area contributed by atoms with Gasteiger partial charge in [0.25, 0.3) is 5.91 Å². The third kappa shape index (κ3) is 5.19. The van der Waals surface area contributed by atoms with Gasteiger partial charge < -0.3 is 20.1 Å². The Labute approximate surface area is 167 Å². The van der Waals surface area contributed by atoms with Crippen LogP contribution < -0.4 is 20.1 Å². The lowest BCUT2D eigenvalue weighted by Crippen LogP contribution is -2.16. The highest BCUT2D eigenvalue weighted by Crippen LogP contribution is 2.27. The topological polar surface area (TPSA) is 85.4 Å². The lowest BCUT2D eigenvalue weighted by atomic mass is 10.2. The second-order valence-corrected chi connectivity index (χ2v) is 6.23. The van der Waals surface area contributed by atoms with Gasteiger partial charge in [-0.05, 0) is 48.9 Å². The van der Waals surface area contributed by atoms with Gasteiger partial charge in [0.15, 0.2) is 11.5 Å². The number of hydrogen-bond acceptors (Lipinski definition) is 6. The molecule has 2 aromatic carbocycles. The first-order valence-corrected chi connectivity index (χ1v) is 8.86. The van der Waals surface area contributed by atoms with Crippen molar-refractivity contribution in [1.29, 1.82) is 0 Å². The summed E-state index contributed by atoms with van der Waals surface area (Å²) in [6.45, 7) is 2.19. The minimum absolute atomic E-state index is 0.177. The molecule has 0 fully saturated rings. The molecule has 0 aliphatic heterocycles. The molecule has 29 heavy (non-hydrogen) atoms. The summed E-state index contributed by atoms with van der Waals surface area (Å²) in [5, 5.41) is 5.73. The molecule has 0 saturated heterocycles. The van der Waals surface area contributed by atoms with Gasteiger partial charge in [-0.25, -0.2) is 14.4 Å². The number of aryl methyl sites for hydroxylation is 1. The molecule has 0 saturated carbocycles. The first-order valence-electron chi connectivity index (χ1n) is 8.86. The first kappa shape index (κ1) is 20.1. The van der Waals surface area contributed by atoms with Crippen LogP contribution in [0.2, 0.25) is 0 Å². The Morgan fingerprint density at radius 3 is 2.55 bits per heavy atom. The molecule has 0 bridgehead atoms. The van der Waals surface area contributed by atoms with Crippen molar-refractivity contribution in [2.75, 3.05) is 24.9 Å². The number of anilines is 2. The van der Waals surface area contributed by atoms with Crippen molar-refractivity contribution in [3.05, 3.63) is 71.3 Å². The van der Waals surface area contributed by atoms with Gasteiger partial charge in [0.1, 0.15) is 11.5 Å². The fourth-order valence-corrected chi connectivity index (χ4v) is 2.70. The van der Waals surface area contributed by atoms with Crippen LogP contribution >= 0.6 is 0 Å². The van der Waals surface area contributed by atoms with E-state index in [0.29, 0.717) is 35.4 Å². The molecular formula is C21H21FN4O3. The number of benzene rings is 2. The molecule has 0 radical (unpaired) electrons. The first-order chi connectivity index (χ1) is 14.0. The van der Waals surface area contributed by atoms with E-state index in [9.17, 15) is 9.18 Å². The zero-order valence-electron chi connectivity index (χ0n) is 16.3. The predicted octanol–water partition coefficient (Wildman–Crippen LogP) is 3.81. The highest BCUT2D eigenvalue weighted by Gasteiger charge is 2.12. The van der Waals surface area contributed by atoms with Crippen molar-refractivity contribution in [3.63, 3.8) is 0 Å². The van der Waals surface area contributed by atoms with Crippen molar-refractivity contribution in [3.8, 4) is 11.5 Å². The van der Waals surface area contributed by atoms with Gasteiger partial charge >= 0.3 is 0 Å². The van der Waals surface area contributed by atoms with E-state index >= 15 is 0 Å². The predicted molar refractivity (Wildman–Crippen MR) is 108 cm³/mol. The Hall–Kier alpha value is -3.68. The van der Waals surface area contributed by atoms with Crippen LogP contribution in [0, 0.1) is 12.7 Å². The highest BCUT2D eigenvalue weighted by molar-refractivity contribution is 6.03. The van der Waals surface area contributed by atoms with Crippen LogP contribution in [-0.4, -0.2) is 30.1 Å². The van der Waals surface area contributed by atoms with Crippen molar-refractivity contribution in [1.82, 2.24) is 9.97 Å². The van der Waals surface area contributed by atoms with Gasteiger partial charge in [0.05, 0.1) is 14.2 Å². The number of ether oxygens (including phenoxy) is 2. The Bertz CT molecular complexity index is 1030. The molecule has 1 amide bonds. The number of rotatable bonds is 7. The largest absolute Gasteiger partial charge is 0.493 e. The monoisotopic (exact) mass is 396 g/mol. The maximum atomic E-state index is 13.3. The van der Waals surface area contributed by atoms with E-state index in [-0.39, 0.29) is 5.69 Å². The number of amides is 1. The molecule has 0 spiro atoms. The van der Waals surface area contributed by atoms with E-state index in [1.54, 1.807) is 33.3 Å². The summed E-state index contributed by atoms with van der Waals surface area (Å²) in [5.74, 6) is 0.685. The van der Waals surface area contributed by atoms with Crippen LogP contribution in [0.4, 0.5) is 16.0 Å². The maximum absolute atomic E-state index is 13.3. The van der Waals surface area contributed by atoms with Gasteiger partial charge in [-0.15, -0.1) is 0 Å². The molecule has 8 heteroatoms. The molecule has 2 N–H and O–H groups in total. The summed E-state index contributed by atoms with van der Waals surface area (Å²) < 4.78 is 23.8. The maximum Gasteiger partial charge on any atom is 0.274 e. The molecule has 3 aromatic rings. The molecule has 150 valence electrons. The van der Waals surface area contributed by atoms with E-state index in [2.05, 4.69) is 20.6 Å². The normalized spacial score (nSPS) is 10.3.